The number of rotatable bonds is 6. The second-order valence-corrected chi connectivity index (χ2v) is 4.17. The van der Waals surface area contributed by atoms with Crippen molar-refractivity contribution in [2.45, 2.75) is 19.5 Å². The van der Waals surface area contributed by atoms with Crippen molar-refractivity contribution in [1.82, 2.24) is 4.90 Å². The van der Waals surface area contributed by atoms with Gasteiger partial charge in [0.25, 0.3) is 0 Å². The highest BCUT2D eigenvalue weighted by molar-refractivity contribution is 5.79. The van der Waals surface area contributed by atoms with Crippen LogP contribution in [0.5, 0.6) is 11.5 Å². The fraction of sp³-hybridized carbons (Fsp3) is 0.462. The predicted octanol–water partition coefficient (Wildman–Crippen LogP) is 1.01. The molecular formula is C13H20N2O3. The van der Waals surface area contributed by atoms with Crippen molar-refractivity contribution in [3.05, 3.63) is 23.8 Å². The van der Waals surface area contributed by atoms with Crippen molar-refractivity contribution >= 4 is 5.91 Å². The first-order chi connectivity index (χ1) is 8.49. The van der Waals surface area contributed by atoms with Gasteiger partial charge < -0.3 is 15.2 Å². The van der Waals surface area contributed by atoms with E-state index in [-0.39, 0.29) is 11.9 Å². The third-order valence-corrected chi connectivity index (χ3v) is 2.99. The summed E-state index contributed by atoms with van der Waals surface area (Å²) in [6, 6.07) is 5.28. The van der Waals surface area contributed by atoms with E-state index in [0.717, 1.165) is 17.1 Å². The van der Waals surface area contributed by atoms with E-state index in [2.05, 4.69) is 0 Å². The second kappa shape index (κ2) is 6.26. The van der Waals surface area contributed by atoms with Crippen molar-refractivity contribution < 1.29 is 14.3 Å². The van der Waals surface area contributed by atoms with Gasteiger partial charge in [0, 0.05) is 18.2 Å². The number of nitrogens with zero attached hydrogens (tertiary/aromatic N) is 1. The molecule has 0 aliphatic heterocycles. The van der Waals surface area contributed by atoms with E-state index >= 15 is 0 Å². The third kappa shape index (κ3) is 3.37. The van der Waals surface area contributed by atoms with Gasteiger partial charge in [0.15, 0.2) is 0 Å². The molecule has 1 aromatic carbocycles. The molecule has 0 fully saturated rings. The highest BCUT2D eigenvalue weighted by Gasteiger charge is 2.16. The zero-order valence-electron chi connectivity index (χ0n) is 11.3. The smallest absolute Gasteiger partial charge is 0.234 e. The van der Waals surface area contributed by atoms with Crippen LogP contribution in [0.3, 0.4) is 0 Å². The van der Waals surface area contributed by atoms with Crippen LogP contribution in [0.25, 0.3) is 0 Å². The molecule has 0 radical (unpaired) electrons. The Morgan fingerprint density at radius 1 is 1.39 bits per heavy atom. The Hall–Kier alpha value is -1.75. The highest BCUT2D eigenvalue weighted by Crippen LogP contribution is 2.25. The van der Waals surface area contributed by atoms with Crippen LogP contribution in [0.15, 0.2) is 18.2 Å². The molecule has 18 heavy (non-hydrogen) atoms. The molecule has 100 valence electrons. The summed E-state index contributed by atoms with van der Waals surface area (Å²) < 4.78 is 10.4. The van der Waals surface area contributed by atoms with Crippen molar-refractivity contribution in [2.24, 2.45) is 5.73 Å². The van der Waals surface area contributed by atoms with E-state index in [4.69, 9.17) is 15.2 Å². The largest absolute Gasteiger partial charge is 0.497 e. The van der Waals surface area contributed by atoms with E-state index in [0.29, 0.717) is 6.54 Å². The van der Waals surface area contributed by atoms with E-state index in [1.165, 1.54) is 0 Å². The molecule has 1 unspecified atom stereocenters. The molecule has 0 aliphatic carbocycles. The molecule has 5 nitrogen and oxygen atoms in total. The van der Waals surface area contributed by atoms with Crippen LogP contribution in [0, 0.1) is 0 Å². The fourth-order valence-corrected chi connectivity index (χ4v) is 1.61. The van der Waals surface area contributed by atoms with Crippen LogP contribution in [-0.4, -0.2) is 38.1 Å². The summed E-state index contributed by atoms with van der Waals surface area (Å²) in [6.07, 6.45) is 0. The molecule has 0 aromatic heterocycles. The number of nitrogens with two attached hydrogens (primary N) is 1. The Labute approximate surface area is 107 Å². The van der Waals surface area contributed by atoms with Crippen molar-refractivity contribution in [3.63, 3.8) is 0 Å². The van der Waals surface area contributed by atoms with Crippen LogP contribution in [-0.2, 0) is 11.3 Å². The highest BCUT2D eigenvalue weighted by atomic mass is 16.5. The first-order valence-electron chi connectivity index (χ1n) is 5.70. The number of carbonyl (C=O) groups is 1. The van der Waals surface area contributed by atoms with Gasteiger partial charge in [-0.2, -0.15) is 0 Å². The molecule has 0 bridgehead atoms. The van der Waals surface area contributed by atoms with Crippen LogP contribution in [0.4, 0.5) is 0 Å². The number of carbonyl (C=O) groups excluding carboxylic acids is 1. The summed E-state index contributed by atoms with van der Waals surface area (Å²) >= 11 is 0. The Balaban J connectivity index is 2.87. The maximum absolute atomic E-state index is 11.1. The van der Waals surface area contributed by atoms with Gasteiger partial charge in [-0.3, -0.25) is 9.69 Å². The van der Waals surface area contributed by atoms with Crippen LogP contribution in [0.2, 0.25) is 0 Å². The van der Waals surface area contributed by atoms with Gasteiger partial charge in [-0.25, -0.2) is 0 Å². The monoisotopic (exact) mass is 252 g/mol. The first-order valence-corrected chi connectivity index (χ1v) is 5.70. The average Bonchev–Trinajstić information content (AvgIpc) is 2.37. The molecule has 5 heteroatoms. The van der Waals surface area contributed by atoms with Gasteiger partial charge in [-0.1, -0.05) is 6.07 Å². The number of ether oxygens (including phenoxy) is 2. The normalized spacial score (nSPS) is 12.3. The molecule has 1 rings (SSSR count). The summed E-state index contributed by atoms with van der Waals surface area (Å²) in [5.41, 5.74) is 6.26. The lowest BCUT2D eigenvalue weighted by atomic mass is 10.1. The lowest BCUT2D eigenvalue weighted by Crippen LogP contribution is -2.39. The standard InChI is InChI=1S/C13H20N2O3/c1-9(13(14)16)15(2)8-10-5-6-11(17-3)7-12(10)18-4/h5-7,9H,8H2,1-4H3,(H2,14,16). The Morgan fingerprint density at radius 2 is 2.06 bits per heavy atom. The molecule has 2 N–H and O–H groups in total. The molecule has 0 aliphatic rings. The number of methoxy groups -OCH3 is 2. The molecule has 0 saturated carbocycles. The molecular weight excluding hydrogens is 232 g/mol. The van der Waals surface area contributed by atoms with Gasteiger partial charge >= 0.3 is 0 Å². The van der Waals surface area contributed by atoms with Gasteiger partial charge in [-0.15, -0.1) is 0 Å². The van der Waals surface area contributed by atoms with E-state index in [1.54, 1.807) is 21.1 Å². The maximum Gasteiger partial charge on any atom is 0.234 e. The van der Waals surface area contributed by atoms with Crippen LogP contribution in [0.1, 0.15) is 12.5 Å². The number of hydrogen-bond acceptors (Lipinski definition) is 4. The van der Waals surface area contributed by atoms with Crippen LogP contribution < -0.4 is 15.2 Å². The molecule has 1 atom stereocenters. The Morgan fingerprint density at radius 3 is 2.56 bits per heavy atom. The topological polar surface area (TPSA) is 64.8 Å². The maximum atomic E-state index is 11.1. The van der Waals surface area contributed by atoms with E-state index < -0.39 is 0 Å². The van der Waals surface area contributed by atoms with Gasteiger partial charge in [-0.05, 0) is 20.0 Å². The molecule has 0 saturated heterocycles. The minimum atomic E-state index is -0.343. The van der Waals surface area contributed by atoms with Gasteiger partial charge in [0.1, 0.15) is 11.5 Å². The average molecular weight is 252 g/mol. The summed E-state index contributed by atoms with van der Waals surface area (Å²) in [4.78, 5) is 13.0. The minimum absolute atomic E-state index is 0.322. The molecule has 0 heterocycles. The number of primary amides is 1. The van der Waals surface area contributed by atoms with E-state index in [1.807, 2.05) is 30.1 Å². The summed E-state index contributed by atoms with van der Waals surface area (Å²) in [5, 5.41) is 0. The zero-order chi connectivity index (χ0) is 13.7. The lowest BCUT2D eigenvalue weighted by Gasteiger charge is -2.23. The van der Waals surface area contributed by atoms with Gasteiger partial charge in [0.05, 0.1) is 20.3 Å². The zero-order valence-corrected chi connectivity index (χ0v) is 11.3. The van der Waals surface area contributed by atoms with E-state index in [9.17, 15) is 4.79 Å². The quantitative estimate of drug-likeness (QED) is 0.820. The van der Waals surface area contributed by atoms with Crippen LogP contribution >= 0.6 is 0 Å². The number of likely N-dealkylation sites (N-methyl/N-ethyl adjacent to an activating group) is 1. The predicted molar refractivity (Wildman–Crippen MR) is 69.7 cm³/mol. The summed E-state index contributed by atoms with van der Waals surface area (Å²) in [6.45, 7) is 2.36. The van der Waals surface area contributed by atoms with Crippen molar-refractivity contribution in [1.29, 1.82) is 0 Å². The SMILES string of the molecule is COc1ccc(CN(C)C(C)C(N)=O)c(OC)c1. The molecule has 1 amide bonds. The lowest BCUT2D eigenvalue weighted by molar-refractivity contribution is -0.122. The number of hydrogen-bond donors (Lipinski definition) is 1. The fourth-order valence-electron chi connectivity index (χ4n) is 1.61. The Bertz CT molecular complexity index is 421. The molecule has 0 spiro atoms. The number of benzene rings is 1. The Kier molecular flexibility index (Phi) is 4.97. The summed E-state index contributed by atoms with van der Waals surface area (Å²) in [7, 11) is 5.06. The van der Waals surface area contributed by atoms with Gasteiger partial charge in [0.2, 0.25) is 5.91 Å². The third-order valence-electron chi connectivity index (χ3n) is 2.99. The summed E-state index contributed by atoms with van der Waals surface area (Å²) in [5.74, 6) is 1.13. The minimum Gasteiger partial charge on any atom is -0.497 e. The molecule has 1 aromatic rings. The van der Waals surface area contributed by atoms with Crippen molar-refractivity contribution in [3.8, 4) is 11.5 Å². The number of amides is 1. The van der Waals surface area contributed by atoms with Crippen molar-refractivity contribution in [2.75, 3.05) is 21.3 Å². The first kappa shape index (κ1) is 14.3. The second-order valence-electron chi connectivity index (χ2n) is 4.17.